The number of β-lactam (4-membered cyclic amide) rings is 1. The summed E-state index contributed by atoms with van der Waals surface area (Å²) in [6.07, 6.45) is 1.05. The van der Waals surface area contributed by atoms with E-state index in [1.807, 2.05) is 78.2 Å². The van der Waals surface area contributed by atoms with Gasteiger partial charge in [-0.05, 0) is 41.5 Å². The fraction of sp³-hybridized carbons (Fsp3) is 0.355. The zero-order valence-corrected chi connectivity index (χ0v) is 24.3. The number of anilines is 1. The number of ether oxygens (including phenoxy) is 1. The van der Waals surface area contributed by atoms with Crippen LogP contribution in [0.4, 0.5) is 5.00 Å². The van der Waals surface area contributed by atoms with Crippen molar-refractivity contribution in [1.29, 1.82) is 0 Å². The van der Waals surface area contributed by atoms with Crippen molar-refractivity contribution in [3.8, 4) is 0 Å². The molecule has 3 amide bonds. The molecule has 10 heteroatoms. The van der Waals surface area contributed by atoms with Gasteiger partial charge >= 0.3 is 5.97 Å². The molecule has 0 aliphatic carbocycles. The number of thiophene rings is 1. The minimum Gasteiger partial charge on any atom is -0.452 e. The van der Waals surface area contributed by atoms with Gasteiger partial charge in [-0.3, -0.25) is 24.1 Å². The Morgan fingerprint density at radius 1 is 0.951 bits per heavy atom. The number of rotatable bonds is 7. The first-order valence-electron chi connectivity index (χ1n) is 13.8. The number of esters is 1. The van der Waals surface area contributed by atoms with Gasteiger partial charge in [0.2, 0.25) is 17.7 Å². The van der Waals surface area contributed by atoms with Gasteiger partial charge in [0.15, 0.2) is 11.5 Å². The highest BCUT2D eigenvalue weighted by Gasteiger charge is 2.63. The molecule has 6 rings (SSSR count). The van der Waals surface area contributed by atoms with E-state index in [1.54, 1.807) is 9.80 Å². The molecule has 212 valence electrons. The number of nitrogens with zero attached hydrogens (tertiary/aromatic N) is 3. The van der Waals surface area contributed by atoms with Crippen molar-refractivity contribution >= 4 is 51.8 Å². The molecule has 0 saturated carbocycles. The maximum Gasteiger partial charge on any atom is 0.325 e. The van der Waals surface area contributed by atoms with E-state index < -0.39 is 23.5 Å². The van der Waals surface area contributed by atoms with Crippen molar-refractivity contribution in [1.82, 2.24) is 9.80 Å². The number of carbonyl (C=O) groups is 4. The summed E-state index contributed by atoms with van der Waals surface area (Å²) < 4.78 is 6.26. The smallest absolute Gasteiger partial charge is 0.325 e. The molecule has 3 aliphatic rings. The van der Waals surface area contributed by atoms with Gasteiger partial charge in [0, 0.05) is 32.3 Å². The van der Waals surface area contributed by atoms with Crippen molar-refractivity contribution in [3.05, 3.63) is 89.3 Å². The zero-order chi connectivity index (χ0) is 28.6. The number of likely N-dealkylation sites (tertiary alicyclic amines) is 1. The highest BCUT2D eigenvalue weighted by molar-refractivity contribution is 8.00. The Hall–Kier alpha value is -3.63. The number of hydrogen-bond acceptors (Lipinski definition) is 7. The summed E-state index contributed by atoms with van der Waals surface area (Å²) in [5.74, 6) is -1.23. The Bertz CT molecular complexity index is 1390. The van der Waals surface area contributed by atoms with Gasteiger partial charge in [-0.25, -0.2) is 0 Å². The van der Waals surface area contributed by atoms with Gasteiger partial charge in [-0.15, -0.1) is 23.1 Å². The van der Waals surface area contributed by atoms with Crippen LogP contribution in [0.3, 0.4) is 0 Å². The highest BCUT2D eigenvalue weighted by atomic mass is 32.2. The summed E-state index contributed by atoms with van der Waals surface area (Å²) >= 11 is 2.77. The van der Waals surface area contributed by atoms with Gasteiger partial charge in [0.25, 0.3) is 0 Å². The Morgan fingerprint density at radius 3 is 2.15 bits per heavy atom. The van der Waals surface area contributed by atoms with Crippen molar-refractivity contribution in [3.63, 3.8) is 0 Å². The molecule has 0 bridgehead atoms. The second kappa shape index (κ2) is 11.3. The Morgan fingerprint density at radius 2 is 1.59 bits per heavy atom. The maximum atomic E-state index is 14.3. The van der Waals surface area contributed by atoms with Crippen LogP contribution in [-0.4, -0.2) is 70.3 Å². The van der Waals surface area contributed by atoms with Gasteiger partial charge in [-0.2, -0.15) is 0 Å². The number of thioether (sulfide) groups is 1. The maximum absolute atomic E-state index is 14.3. The zero-order valence-electron chi connectivity index (χ0n) is 22.7. The summed E-state index contributed by atoms with van der Waals surface area (Å²) in [5, 5.41) is 2.22. The van der Waals surface area contributed by atoms with E-state index in [4.69, 9.17) is 4.74 Å². The summed E-state index contributed by atoms with van der Waals surface area (Å²) in [5.41, 5.74) is 0.0494. The molecular weight excluding hydrogens is 558 g/mol. The van der Waals surface area contributed by atoms with Crippen LogP contribution in [0.2, 0.25) is 0 Å². The molecule has 3 aromatic rings. The van der Waals surface area contributed by atoms with E-state index in [-0.39, 0.29) is 35.4 Å². The van der Waals surface area contributed by atoms with Crippen LogP contribution in [0, 0.1) is 5.41 Å². The third kappa shape index (κ3) is 4.93. The van der Waals surface area contributed by atoms with Crippen LogP contribution < -0.4 is 4.90 Å². The normalized spacial score (nSPS) is 23.6. The molecule has 4 heterocycles. The first-order chi connectivity index (χ1) is 19.9. The van der Waals surface area contributed by atoms with Gasteiger partial charge < -0.3 is 14.5 Å². The van der Waals surface area contributed by atoms with E-state index in [0.29, 0.717) is 18.1 Å². The second-order valence-electron chi connectivity index (χ2n) is 10.6. The minimum absolute atomic E-state index is 0.0688. The Kier molecular flexibility index (Phi) is 7.61. The first kappa shape index (κ1) is 27.5. The SMILES string of the molecule is CC(=O)N(c1cccs1)C1C(=O)N2CC(C(=O)OC(c3ccccc3)c3ccccc3)(C(=O)N3CCCC3)CS[C@H]12. The summed E-state index contributed by atoms with van der Waals surface area (Å²) in [4.78, 5) is 59.5. The lowest BCUT2D eigenvalue weighted by molar-refractivity contribution is -0.172. The Balaban J connectivity index is 1.31. The number of carbonyl (C=O) groups excluding carboxylic acids is 4. The third-order valence-electron chi connectivity index (χ3n) is 8.04. The quantitative estimate of drug-likeness (QED) is 0.232. The van der Waals surface area contributed by atoms with Crippen molar-refractivity contribution in [2.45, 2.75) is 37.3 Å². The van der Waals surface area contributed by atoms with Crippen LogP contribution in [0.25, 0.3) is 0 Å². The minimum atomic E-state index is -1.54. The molecule has 3 fully saturated rings. The van der Waals surface area contributed by atoms with Crippen molar-refractivity contribution in [2.75, 3.05) is 30.3 Å². The number of hydrogen-bond donors (Lipinski definition) is 0. The molecular formula is C31H31N3O5S2. The number of amides is 3. The van der Waals surface area contributed by atoms with Crippen LogP contribution in [0.5, 0.6) is 0 Å². The van der Waals surface area contributed by atoms with E-state index in [0.717, 1.165) is 24.0 Å². The van der Waals surface area contributed by atoms with Crippen LogP contribution >= 0.6 is 23.1 Å². The van der Waals surface area contributed by atoms with Gasteiger partial charge in [0.05, 0.1) is 5.00 Å². The molecule has 41 heavy (non-hydrogen) atoms. The van der Waals surface area contributed by atoms with Crippen LogP contribution in [0.1, 0.15) is 37.0 Å². The highest BCUT2D eigenvalue weighted by Crippen LogP contribution is 2.47. The summed E-state index contributed by atoms with van der Waals surface area (Å²) in [6.45, 7) is 2.54. The largest absolute Gasteiger partial charge is 0.452 e. The average Bonchev–Trinajstić information content (AvgIpc) is 3.74. The molecule has 2 aromatic carbocycles. The van der Waals surface area contributed by atoms with Crippen LogP contribution in [-0.2, 0) is 23.9 Å². The van der Waals surface area contributed by atoms with Crippen molar-refractivity contribution in [2.24, 2.45) is 5.41 Å². The lowest BCUT2D eigenvalue weighted by atomic mass is 9.85. The molecule has 0 spiro atoms. The van der Waals surface area contributed by atoms with Crippen molar-refractivity contribution < 1.29 is 23.9 Å². The Labute approximate surface area is 247 Å². The van der Waals surface area contributed by atoms with E-state index in [1.165, 1.54) is 34.9 Å². The molecule has 3 saturated heterocycles. The molecule has 0 radical (unpaired) electrons. The summed E-state index contributed by atoms with van der Waals surface area (Å²) in [6, 6.07) is 21.9. The standard InChI is InChI=1S/C31H31N3O5S2/c1-21(35)34(24-15-10-18-40-24)25-27(36)33-19-31(20-41-28(25)33,29(37)32-16-8-9-17-32)30(38)39-26(22-11-4-2-5-12-22)23-13-6-3-7-14-23/h2-7,10-15,18,25-26,28H,8-9,16-17,19-20H2,1H3/t25?,28-,31?/m1/s1. The predicted molar refractivity (Wildman–Crippen MR) is 158 cm³/mol. The molecule has 2 unspecified atom stereocenters. The second-order valence-corrected chi connectivity index (χ2v) is 12.7. The molecule has 1 aromatic heterocycles. The van der Waals surface area contributed by atoms with E-state index in [9.17, 15) is 19.2 Å². The molecule has 0 N–H and O–H groups in total. The average molecular weight is 590 g/mol. The first-order valence-corrected chi connectivity index (χ1v) is 15.7. The summed E-state index contributed by atoms with van der Waals surface area (Å²) in [7, 11) is 0. The fourth-order valence-electron chi connectivity index (χ4n) is 5.92. The molecule has 3 aliphatic heterocycles. The number of benzene rings is 2. The predicted octanol–water partition coefficient (Wildman–Crippen LogP) is 4.33. The van der Waals surface area contributed by atoms with Gasteiger partial charge in [0.1, 0.15) is 11.4 Å². The lowest BCUT2D eigenvalue weighted by Gasteiger charge is -2.56. The number of fused-ring (bicyclic) bond motifs is 1. The van der Waals surface area contributed by atoms with E-state index in [2.05, 4.69) is 0 Å². The van der Waals surface area contributed by atoms with Crippen LogP contribution in [0.15, 0.2) is 78.2 Å². The topological polar surface area (TPSA) is 87.2 Å². The van der Waals surface area contributed by atoms with E-state index >= 15 is 0 Å². The molecule has 3 atom stereocenters. The lowest BCUT2D eigenvalue weighted by Crippen LogP contribution is -2.75. The molecule has 8 nitrogen and oxygen atoms in total. The fourth-order valence-corrected chi connectivity index (χ4v) is 8.29. The third-order valence-corrected chi connectivity index (χ3v) is 10.4. The van der Waals surface area contributed by atoms with Gasteiger partial charge in [-0.1, -0.05) is 60.7 Å². The monoisotopic (exact) mass is 589 g/mol.